The maximum absolute atomic E-state index is 13.7. The molecule has 6 heteroatoms. The largest absolute Gasteiger partial charge is 0.473 e. The molecule has 1 aliphatic carbocycles. The monoisotopic (exact) mass is 404 g/mol. The van der Waals surface area contributed by atoms with Crippen LogP contribution in [-0.2, 0) is 22.8 Å². The summed E-state index contributed by atoms with van der Waals surface area (Å²) < 4.78 is 24.4. The molecule has 2 fully saturated rings. The van der Waals surface area contributed by atoms with Crippen LogP contribution in [0.1, 0.15) is 57.1 Å². The first-order valence-electron chi connectivity index (χ1n) is 11.0. The lowest BCUT2D eigenvalue weighted by Gasteiger charge is -2.39. The first-order chi connectivity index (χ1) is 14.0. The molecule has 29 heavy (non-hydrogen) atoms. The van der Waals surface area contributed by atoms with Gasteiger partial charge in [0.2, 0.25) is 5.91 Å². The first-order valence-corrected chi connectivity index (χ1v) is 11.0. The third-order valence-electron chi connectivity index (χ3n) is 7.08. The van der Waals surface area contributed by atoms with E-state index in [0.717, 1.165) is 56.6 Å². The average molecular weight is 405 g/mol. The molecule has 0 bridgehead atoms. The van der Waals surface area contributed by atoms with Crippen molar-refractivity contribution in [3.8, 4) is 5.75 Å². The van der Waals surface area contributed by atoms with Crippen LogP contribution in [0.5, 0.6) is 5.75 Å². The second kappa shape index (κ2) is 8.60. The second-order valence-corrected chi connectivity index (χ2v) is 9.16. The lowest BCUT2D eigenvalue weighted by molar-refractivity contribution is -0.149. The van der Waals surface area contributed by atoms with Crippen molar-refractivity contribution in [3.05, 3.63) is 29.3 Å². The summed E-state index contributed by atoms with van der Waals surface area (Å²) in [6.07, 6.45) is 4.89. The number of carbonyl (C=O) groups excluding carboxylic acids is 1. The van der Waals surface area contributed by atoms with Gasteiger partial charge in [-0.15, -0.1) is 0 Å². The lowest BCUT2D eigenvalue weighted by Crippen LogP contribution is -2.49. The molecule has 2 heterocycles. The number of hydrogen-bond donors (Lipinski definition) is 1. The summed E-state index contributed by atoms with van der Waals surface area (Å²) in [5.41, 5.74) is 1.16. The molecule has 1 amide bonds. The van der Waals surface area contributed by atoms with Crippen LogP contribution >= 0.6 is 0 Å². The Balaban J connectivity index is 1.46. The predicted molar refractivity (Wildman–Crippen MR) is 109 cm³/mol. The number of halogens is 1. The van der Waals surface area contributed by atoms with Gasteiger partial charge in [0.05, 0.1) is 12.0 Å². The van der Waals surface area contributed by atoms with Crippen LogP contribution in [0, 0.1) is 11.3 Å². The number of nitrogens with zero attached hydrogens (tertiary/aromatic N) is 1. The van der Waals surface area contributed by atoms with E-state index in [1.165, 1.54) is 0 Å². The molecule has 160 valence electrons. The lowest BCUT2D eigenvalue weighted by atomic mass is 9.74. The second-order valence-electron chi connectivity index (χ2n) is 9.16. The molecule has 1 aromatic rings. The van der Waals surface area contributed by atoms with E-state index in [2.05, 4.69) is 19.2 Å². The minimum absolute atomic E-state index is 0.181. The number of rotatable bonds is 5. The van der Waals surface area contributed by atoms with Crippen molar-refractivity contribution in [2.24, 2.45) is 11.3 Å². The van der Waals surface area contributed by atoms with E-state index in [4.69, 9.17) is 9.47 Å². The molecule has 2 aliphatic heterocycles. The molecule has 0 radical (unpaired) electrons. The van der Waals surface area contributed by atoms with E-state index in [0.29, 0.717) is 24.2 Å². The molecule has 2 atom stereocenters. The van der Waals surface area contributed by atoms with Gasteiger partial charge in [0, 0.05) is 30.9 Å². The molecule has 5 nitrogen and oxygen atoms in total. The van der Waals surface area contributed by atoms with Crippen molar-refractivity contribution in [1.29, 1.82) is 0 Å². The highest BCUT2D eigenvalue weighted by molar-refractivity contribution is 5.83. The molecule has 4 rings (SSSR count). The van der Waals surface area contributed by atoms with E-state index < -0.39 is 6.67 Å². The normalized spacial score (nSPS) is 27.7. The summed E-state index contributed by atoms with van der Waals surface area (Å²) in [5, 5.41) is 3.79. The SMILES string of the molecule is CC(C)[C@]1(C(=O)N2COc3ccc(CF)cc3C2)CC[C@@H](NC2CCOCC2)C1. The Bertz CT molecular complexity index is 735. The number of carbonyl (C=O) groups is 1. The topological polar surface area (TPSA) is 50.8 Å². The summed E-state index contributed by atoms with van der Waals surface area (Å²) in [7, 11) is 0. The summed E-state index contributed by atoms with van der Waals surface area (Å²) in [6, 6.07) is 6.25. The number of fused-ring (bicyclic) bond motifs is 1. The summed E-state index contributed by atoms with van der Waals surface area (Å²) in [5.74, 6) is 1.20. The Hall–Kier alpha value is -1.66. The highest BCUT2D eigenvalue weighted by Gasteiger charge is 2.50. The molecule has 0 aromatic heterocycles. The van der Waals surface area contributed by atoms with Crippen molar-refractivity contribution in [2.45, 2.75) is 71.3 Å². The molecular formula is C23H33FN2O3. The predicted octanol–water partition coefficient (Wildman–Crippen LogP) is 3.80. The number of benzene rings is 1. The van der Waals surface area contributed by atoms with Gasteiger partial charge in [0.1, 0.15) is 12.4 Å². The van der Waals surface area contributed by atoms with Crippen LogP contribution in [0.15, 0.2) is 18.2 Å². The zero-order valence-corrected chi connectivity index (χ0v) is 17.6. The number of nitrogens with one attached hydrogen (secondary N) is 1. The molecule has 1 saturated carbocycles. The van der Waals surface area contributed by atoms with Crippen LogP contribution in [0.25, 0.3) is 0 Å². The van der Waals surface area contributed by atoms with Crippen LogP contribution in [0.3, 0.4) is 0 Å². The van der Waals surface area contributed by atoms with Gasteiger partial charge < -0.3 is 19.7 Å². The van der Waals surface area contributed by atoms with Crippen molar-refractivity contribution >= 4 is 5.91 Å². The zero-order valence-electron chi connectivity index (χ0n) is 17.6. The van der Waals surface area contributed by atoms with E-state index >= 15 is 0 Å². The molecule has 1 saturated heterocycles. The minimum atomic E-state index is -0.503. The molecule has 0 unspecified atom stereocenters. The molecular weight excluding hydrogens is 371 g/mol. The van der Waals surface area contributed by atoms with Gasteiger partial charge >= 0.3 is 0 Å². The molecule has 3 aliphatic rings. The fourth-order valence-electron chi connectivity index (χ4n) is 5.21. The van der Waals surface area contributed by atoms with Gasteiger partial charge in [0.25, 0.3) is 0 Å². The van der Waals surface area contributed by atoms with Gasteiger partial charge in [0.15, 0.2) is 6.73 Å². The van der Waals surface area contributed by atoms with E-state index in [1.54, 1.807) is 6.07 Å². The van der Waals surface area contributed by atoms with Crippen LogP contribution in [-0.4, -0.2) is 42.8 Å². The molecule has 1 N–H and O–H groups in total. The van der Waals surface area contributed by atoms with Crippen LogP contribution in [0.4, 0.5) is 4.39 Å². The zero-order chi connectivity index (χ0) is 20.4. The molecule has 0 spiro atoms. The van der Waals surface area contributed by atoms with Crippen molar-refractivity contribution in [2.75, 3.05) is 19.9 Å². The highest BCUT2D eigenvalue weighted by Crippen LogP contribution is 2.47. The third-order valence-corrected chi connectivity index (χ3v) is 7.08. The maximum Gasteiger partial charge on any atom is 0.232 e. The van der Waals surface area contributed by atoms with E-state index in [9.17, 15) is 9.18 Å². The fourth-order valence-corrected chi connectivity index (χ4v) is 5.21. The first kappa shape index (κ1) is 20.6. The van der Waals surface area contributed by atoms with Gasteiger partial charge in [-0.1, -0.05) is 19.9 Å². The van der Waals surface area contributed by atoms with Crippen molar-refractivity contribution in [1.82, 2.24) is 10.2 Å². The Morgan fingerprint density at radius 1 is 1.28 bits per heavy atom. The maximum atomic E-state index is 13.7. The average Bonchev–Trinajstić information content (AvgIpc) is 3.18. The Morgan fingerprint density at radius 2 is 2.07 bits per heavy atom. The number of amides is 1. The van der Waals surface area contributed by atoms with Gasteiger partial charge in [-0.25, -0.2) is 4.39 Å². The third kappa shape index (κ3) is 4.15. The number of alkyl halides is 1. The highest BCUT2D eigenvalue weighted by atomic mass is 19.1. The van der Waals surface area contributed by atoms with Crippen LogP contribution in [0.2, 0.25) is 0 Å². The fraction of sp³-hybridized carbons (Fsp3) is 0.696. The summed E-state index contributed by atoms with van der Waals surface area (Å²) in [6.45, 7) is 6.23. The van der Waals surface area contributed by atoms with E-state index in [1.807, 2.05) is 17.0 Å². The van der Waals surface area contributed by atoms with Gasteiger partial charge in [-0.3, -0.25) is 4.79 Å². The van der Waals surface area contributed by atoms with Gasteiger partial charge in [-0.2, -0.15) is 0 Å². The Labute approximate surface area is 172 Å². The Kier molecular flexibility index (Phi) is 6.11. The number of ether oxygens (including phenoxy) is 2. The smallest absolute Gasteiger partial charge is 0.232 e. The quantitative estimate of drug-likeness (QED) is 0.811. The summed E-state index contributed by atoms with van der Waals surface area (Å²) in [4.78, 5) is 15.5. The minimum Gasteiger partial charge on any atom is -0.473 e. The van der Waals surface area contributed by atoms with Crippen molar-refractivity contribution < 1.29 is 18.7 Å². The van der Waals surface area contributed by atoms with E-state index in [-0.39, 0.29) is 24.0 Å². The molecule has 1 aromatic carbocycles. The standard InChI is InChI=1S/C23H33FN2O3/c1-16(2)23(8-5-20(12-23)25-19-6-9-28-10-7-19)22(27)26-14-18-11-17(13-24)3-4-21(18)29-15-26/h3-4,11,16,19-20,25H,5-10,12-15H2,1-2H3/t20-,23+/m1/s1. The Morgan fingerprint density at radius 3 is 2.79 bits per heavy atom. The van der Waals surface area contributed by atoms with Crippen LogP contribution < -0.4 is 10.1 Å². The summed E-state index contributed by atoms with van der Waals surface area (Å²) >= 11 is 0. The van der Waals surface area contributed by atoms with Crippen molar-refractivity contribution in [3.63, 3.8) is 0 Å². The number of hydrogen-bond acceptors (Lipinski definition) is 4. The van der Waals surface area contributed by atoms with Gasteiger partial charge in [-0.05, 0) is 55.7 Å².